The van der Waals surface area contributed by atoms with Gasteiger partial charge in [0.25, 0.3) is 0 Å². The normalized spacial score (nSPS) is 23.0. The van der Waals surface area contributed by atoms with E-state index in [2.05, 4.69) is 5.32 Å². The molecular formula is C14H18F3NOS. The van der Waals surface area contributed by atoms with Crippen LogP contribution in [-0.4, -0.2) is 30.7 Å². The highest BCUT2D eigenvalue weighted by atomic mass is 32.2. The molecule has 2 atom stereocenters. The Morgan fingerprint density at radius 3 is 2.70 bits per heavy atom. The van der Waals surface area contributed by atoms with Crippen LogP contribution in [0.2, 0.25) is 0 Å². The van der Waals surface area contributed by atoms with Crippen molar-refractivity contribution in [2.75, 3.05) is 17.6 Å². The summed E-state index contributed by atoms with van der Waals surface area (Å²) in [6.45, 7) is 2.67. The molecule has 1 N–H and O–H groups in total. The molecule has 1 fully saturated rings. The number of hydrogen-bond donors (Lipinski definition) is 1. The van der Waals surface area contributed by atoms with E-state index < -0.39 is 11.9 Å². The zero-order chi connectivity index (χ0) is 14.6. The number of ether oxygens (including phenoxy) is 1. The molecule has 0 radical (unpaired) electrons. The Hall–Kier alpha value is -0.880. The predicted octanol–water partition coefficient (Wildman–Crippen LogP) is 4.32. The Bertz CT molecular complexity index is 439. The van der Waals surface area contributed by atoms with Crippen molar-refractivity contribution in [3.63, 3.8) is 0 Å². The zero-order valence-electron chi connectivity index (χ0n) is 11.2. The number of nitrogens with one attached hydrogen (secondary N) is 1. The van der Waals surface area contributed by atoms with Crippen molar-refractivity contribution < 1.29 is 17.9 Å². The van der Waals surface area contributed by atoms with Gasteiger partial charge in [0.2, 0.25) is 0 Å². The van der Waals surface area contributed by atoms with Crippen molar-refractivity contribution in [3.8, 4) is 0 Å². The Morgan fingerprint density at radius 2 is 2.05 bits per heavy atom. The maximum atomic E-state index is 12.3. The summed E-state index contributed by atoms with van der Waals surface area (Å²) in [6.07, 6.45) is -1.70. The monoisotopic (exact) mass is 305 g/mol. The van der Waals surface area contributed by atoms with Gasteiger partial charge in [-0.1, -0.05) is 12.1 Å². The minimum Gasteiger partial charge on any atom is -0.382 e. The maximum Gasteiger partial charge on any atom is 0.398 e. The molecule has 1 aliphatic heterocycles. The van der Waals surface area contributed by atoms with Crippen molar-refractivity contribution in [2.24, 2.45) is 0 Å². The lowest BCUT2D eigenvalue weighted by atomic mass is 10.2. The van der Waals surface area contributed by atoms with Gasteiger partial charge in [-0.3, -0.25) is 0 Å². The molecule has 1 aromatic rings. The topological polar surface area (TPSA) is 21.3 Å². The Labute approximate surface area is 121 Å². The van der Waals surface area contributed by atoms with Crippen LogP contribution in [0.5, 0.6) is 0 Å². The van der Waals surface area contributed by atoms with Gasteiger partial charge in [-0.15, -0.1) is 11.8 Å². The number of anilines is 1. The summed E-state index contributed by atoms with van der Waals surface area (Å²) in [5.74, 6) is -0.872. The molecule has 0 saturated carbocycles. The highest BCUT2D eigenvalue weighted by molar-refractivity contribution is 7.99. The molecule has 20 heavy (non-hydrogen) atoms. The Morgan fingerprint density at radius 1 is 1.30 bits per heavy atom. The van der Waals surface area contributed by atoms with Crippen molar-refractivity contribution >= 4 is 17.4 Å². The third-order valence-corrected chi connectivity index (χ3v) is 4.26. The van der Waals surface area contributed by atoms with E-state index in [1.54, 1.807) is 18.2 Å². The first-order chi connectivity index (χ1) is 9.44. The molecule has 1 aliphatic rings. The first-order valence-corrected chi connectivity index (χ1v) is 7.60. The number of halogens is 3. The van der Waals surface area contributed by atoms with Crippen LogP contribution in [0, 0.1) is 0 Å². The van der Waals surface area contributed by atoms with Crippen LogP contribution in [0.25, 0.3) is 0 Å². The first-order valence-electron chi connectivity index (χ1n) is 6.62. The average molecular weight is 305 g/mol. The summed E-state index contributed by atoms with van der Waals surface area (Å²) in [5, 5.41) is 3.20. The third-order valence-electron chi connectivity index (χ3n) is 3.12. The fourth-order valence-electron chi connectivity index (χ4n) is 2.16. The molecule has 2 nitrogen and oxygen atoms in total. The fourth-order valence-corrected chi connectivity index (χ4v) is 2.95. The molecule has 2 rings (SSSR count). The van der Waals surface area contributed by atoms with Crippen molar-refractivity contribution in [1.82, 2.24) is 0 Å². The van der Waals surface area contributed by atoms with E-state index in [-0.39, 0.29) is 12.2 Å². The molecule has 2 unspecified atom stereocenters. The SMILES string of the molecule is CC1CCC(CNc2ccccc2SCC(F)(F)F)O1. The highest BCUT2D eigenvalue weighted by Gasteiger charge is 2.28. The Kier molecular flexibility index (Phi) is 5.21. The van der Waals surface area contributed by atoms with Gasteiger partial charge >= 0.3 is 6.18 Å². The van der Waals surface area contributed by atoms with Gasteiger partial charge in [0.15, 0.2) is 0 Å². The van der Waals surface area contributed by atoms with E-state index in [9.17, 15) is 13.2 Å². The van der Waals surface area contributed by atoms with E-state index in [1.807, 2.05) is 13.0 Å². The molecular weight excluding hydrogens is 287 g/mol. The molecule has 6 heteroatoms. The van der Waals surface area contributed by atoms with Crippen molar-refractivity contribution in [1.29, 1.82) is 0 Å². The van der Waals surface area contributed by atoms with Gasteiger partial charge in [-0.2, -0.15) is 13.2 Å². The largest absolute Gasteiger partial charge is 0.398 e. The predicted molar refractivity (Wildman–Crippen MR) is 75.3 cm³/mol. The van der Waals surface area contributed by atoms with Crippen molar-refractivity contribution in [3.05, 3.63) is 24.3 Å². The summed E-state index contributed by atoms with van der Waals surface area (Å²) < 4.78 is 42.5. The molecule has 1 saturated heterocycles. The zero-order valence-corrected chi connectivity index (χ0v) is 12.1. The molecule has 0 amide bonds. The fraction of sp³-hybridized carbons (Fsp3) is 0.571. The lowest BCUT2D eigenvalue weighted by molar-refractivity contribution is -0.105. The molecule has 0 bridgehead atoms. The number of hydrogen-bond acceptors (Lipinski definition) is 3. The molecule has 112 valence electrons. The second-order valence-corrected chi connectivity index (χ2v) is 5.94. The van der Waals surface area contributed by atoms with Crippen LogP contribution in [0.3, 0.4) is 0 Å². The molecule has 1 heterocycles. The Balaban J connectivity index is 1.90. The van der Waals surface area contributed by atoms with Gasteiger partial charge in [-0.05, 0) is 31.9 Å². The molecule has 0 aromatic heterocycles. The van der Waals surface area contributed by atoms with Gasteiger partial charge in [0.1, 0.15) is 0 Å². The number of benzene rings is 1. The molecule has 1 aromatic carbocycles. The highest BCUT2D eigenvalue weighted by Crippen LogP contribution is 2.32. The van der Waals surface area contributed by atoms with E-state index in [0.29, 0.717) is 11.4 Å². The maximum absolute atomic E-state index is 12.3. The van der Waals surface area contributed by atoms with Gasteiger partial charge in [-0.25, -0.2) is 0 Å². The minimum atomic E-state index is -4.15. The lowest BCUT2D eigenvalue weighted by Crippen LogP contribution is -2.20. The summed E-state index contributed by atoms with van der Waals surface area (Å²) in [5.41, 5.74) is 0.741. The smallest absolute Gasteiger partial charge is 0.382 e. The first kappa shape index (κ1) is 15.5. The second-order valence-electron chi connectivity index (χ2n) is 4.93. The average Bonchev–Trinajstić information content (AvgIpc) is 2.80. The summed E-state index contributed by atoms with van der Waals surface area (Å²) in [7, 11) is 0. The van der Waals surface area contributed by atoms with Gasteiger partial charge < -0.3 is 10.1 Å². The number of rotatable bonds is 5. The van der Waals surface area contributed by atoms with Gasteiger partial charge in [0.05, 0.1) is 18.0 Å². The van der Waals surface area contributed by atoms with E-state index in [0.717, 1.165) is 30.3 Å². The molecule has 0 spiro atoms. The second kappa shape index (κ2) is 6.72. The molecule has 0 aliphatic carbocycles. The third kappa shape index (κ3) is 4.90. The number of para-hydroxylation sites is 1. The lowest BCUT2D eigenvalue weighted by Gasteiger charge is -2.16. The van der Waals surface area contributed by atoms with Crippen LogP contribution in [-0.2, 0) is 4.74 Å². The van der Waals surface area contributed by atoms with E-state index >= 15 is 0 Å². The van der Waals surface area contributed by atoms with Crippen molar-refractivity contribution in [2.45, 2.75) is 43.0 Å². The summed E-state index contributed by atoms with van der Waals surface area (Å²) in [4.78, 5) is 0.621. The summed E-state index contributed by atoms with van der Waals surface area (Å²) >= 11 is 0.809. The van der Waals surface area contributed by atoms with Crippen LogP contribution in [0.4, 0.5) is 18.9 Å². The quantitative estimate of drug-likeness (QED) is 0.819. The number of alkyl halides is 3. The number of thioether (sulfide) groups is 1. The van der Waals surface area contributed by atoms with E-state index in [4.69, 9.17) is 4.74 Å². The van der Waals surface area contributed by atoms with Crippen LogP contribution in [0.1, 0.15) is 19.8 Å². The van der Waals surface area contributed by atoms with Gasteiger partial charge in [0, 0.05) is 17.1 Å². The minimum absolute atomic E-state index is 0.144. The van der Waals surface area contributed by atoms with Crippen LogP contribution < -0.4 is 5.32 Å². The standard InChI is InChI=1S/C14H18F3NOS/c1-10-6-7-11(19-10)8-18-12-4-2-3-5-13(12)20-9-14(15,16)17/h2-5,10-11,18H,6-9H2,1H3. The van der Waals surface area contributed by atoms with Crippen LogP contribution in [0.15, 0.2) is 29.2 Å². The van der Waals surface area contributed by atoms with E-state index in [1.165, 1.54) is 0 Å². The van der Waals surface area contributed by atoms with Crippen LogP contribution >= 0.6 is 11.8 Å². The summed E-state index contributed by atoms with van der Waals surface area (Å²) in [6, 6.07) is 7.07.